The van der Waals surface area contributed by atoms with Crippen molar-refractivity contribution in [3.63, 3.8) is 0 Å². The maximum Gasteiger partial charge on any atom is 0.217 e. The number of nitrogens with zero attached hydrogens (tertiary/aromatic N) is 1. The van der Waals surface area contributed by atoms with Crippen LogP contribution in [0.4, 0.5) is 5.69 Å². The molecule has 0 saturated heterocycles. The van der Waals surface area contributed by atoms with Crippen molar-refractivity contribution in [1.82, 2.24) is 4.98 Å². The molecule has 0 spiro atoms. The Labute approximate surface area is 77.7 Å². The molecule has 0 unspecified atom stereocenters. The van der Waals surface area contributed by atoms with Gasteiger partial charge in [-0.2, -0.15) is 0 Å². The first-order chi connectivity index (χ1) is 6.27. The van der Waals surface area contributed by atoms with Crippen LogP contribution in [-0.2, 0) is 0 Å². The largest absolute Gasteiger partial charge is 0.491 e. The normalized spacial score (nSPS) is 9.69. The van der Waals surface area contributed by atoms with E-state index in [4.69, 9.17) is 15.2 Å². The molecular formula is C9H14N2O2. The van der Waals surface area contributed by atoms with Crippen LogP contribution < -0.4 is 15.2 Å². The molecule has 2 N–H and O–H groups in total. The molecule has 4 heteroatoms. The van der Waals surface area contributed by atoms with Gasteiger partial charge in [0.1, 0.15) is 5.75 Å². The minimum Gasteiger partial charge on any atom is -0.491 e. The smallest absolute Gasteiger partial charge is 0.217 e. The Morgan fingerprint density at radius 1 is 1.31 bits per heavy atom. The lowest BCUT2D eigenvalue weighted by Gasteiger charge is -2.08. The van der Waals surface area contributed by atoms with Gasteiger partial charge in [-0.1, -0.05) is 0 Å². The van der Waals surface area contributed by atoms with E-state index in [1.54, 1.807) is 6.07 Å². The second-order valence-corrected chi connectivity index (χ2v) is 2.43. The van der Waals surface area contributed by atoms with Gasteiger partial charge < -0.3 is 15.2 Å². The SMILES string of the molecule is CCOc1cc(OCC)c(N)cn1. The third kappa shape index (κ3) is 2.50. The Morgan fingerprint density at radius 3 is 2.62 bits per heavy atom. The van der Waals surface area contributed by atoms with E-state index in [1.807, 2.05) is 13.8 Å². The van der Waals surface area contributed by atoms with Crippen molar-refractivity contribution >= 4 is 5.69 Å². The van der Waals surface area contributed by atoms with Gasteiger partial charge in [0.2, 0.25) is 5.88 Å². The number of ether oxygens (including phenoxy) is 2. The average molecular weight is 182 g/mol. The number of hydrogen-bond acceptors (Lipinski definition) is 4. The van der Waals surface area contributed by atoms with Gasteiger partial charge in [-0.05, 0) is 13.8 Å². The molecule has 0 radical (unpaired) electrons. The highest BCUT2D eigenvalue weighted by atomic mass is 16.5. The summed E-state index contributed by atoms with van der Waals surface area (Å²) < 4.78 is 10.5. The fraction of sp³-hybridized carbons (Fsp3) is 0.444. The number of nitrogens with two attached hydrogens (primary N) is 1. The van der Waals surface area contributed by atoms with Gasteiger partial charge in [-0.15, -0.1) is 0 Å². The van der Waals surface area contributed by atoms with Gasteiger partial charge in [-0.25, -0.2) is 4.98 Å². The average Bonchev–Trinajstić information content (AvgIpc) is 2.12. The summed E-state index contributed by atoms with van der Waals surface area (Å²) in [5.74, 6) is 1.17. The van der Waals surface area contributed by atoms with Crippen LogP contribution in [0.5, 0.6) is 11.6 Å². The van der Waals surface area contributed by atoms with E-state index in [0.29, 0.717) is 30.5 Å². The Bertz CT molecular complexity index is 276. The highest BCUT2D eigenvalue weighted by Crippen LogP contribution is 2.24. The lowest BCUT2D eigenvalue weighted by molar-refractivity contribution is 0.314. The molecule has 0 bridgehead atoms. The molecular weight excluding hydrogens is 168 g/mol. The van der Waals surface area contributed by atoms with Crippen LogP contribution in [0.2, 0.25) is 0 Å². The lowest BCUT2D eigenvalue weighted by atomic mass is 10.4. The number of hydrogen-bond donors (Lipinski definition) is 1. The topological polar surface area (TPSA) is 57.4 Å². The molecule has 0 aromatic carbocycles. The molecule has 0 atom stereocenters. The third-order valence-corrected chi connectivity index (χ3v) is 1.46. The van der Waals surface area contributed by atoms with E-state index < -0.39 is 0 Å². The Hall–Kier alpha value is -1.45. The van der Waals surface area contributed by atoms with E-state index in [1.165, 1.54) is 6.20 Å². The number of pyridine rings is 1. The van der Waals surface area contributed by atoms with Crippen molar-refractivity contribution in [1.29, 1.82) is 0 Å². The first kappa shape index (κ1) is 9.64. The summed E-state index contributed by atoms with van der Waals surface area (Å²) in [6.45, 7) is 4.97. The number of aromatic nitrogens is 1. The molecule has 1 heterocycles. The second kappa shape index (κ2) is 4.54. The number of rotatable bonds is 4. The molecule has 0 amide bonds. The highest BCUT2D eigenvalue weighted by Gasteiger charge is 2.02. The summed E-state index contributed by atoms with van der Waals surface area (Å²) >= 11 is 0. The molecule has 0 aliphatic rings. The van der Waals surface area contributed by atoms with Gasteiger partial charge >= 0.3 is 0 Å². The van der Waals surface area contributed by atoms with Crippen LogP contribution in [0.15, 0.2) is 12.3 Å². The zero-order valence-electron chi connectivity index (χ0n) is 7.91. The van der Waals surface area contributed by atoms with Crippen LogP contribution in [-0.4, -0.2) is 18.2 Å². The standard InChI is InChI=1S/C9H14N2O2/c1-3-12-8-5-9(13-4-2)11-6-7(8)10/h5-6H,3-4,10H2,1-2H3. The molecule has 72 valence electrons. The summed E-state index contributed by atoms with van der Waals surface area (Å²) in [4.78, 5) is 3.98. The van der Waals surface area contributed by atoms with Crippen molar-refractivity contribution < 1.29 is 9.47 Å². The Morgan fingerprint density at radius 2 is 2.00 bits per heavy atom. The summed E-state index contributed by atoms with van der Waals surface area (Å²) in [6, 6.07) is 1.70. The second-order valence-electron chi connectivity index (χ2n) is 2.43. The zero-order valence-corrected chi connectivity index (χ0v) is 7.91. The fourth-order valence-electron chi connectivity index (χ4n) is 0.937. The van der Waals surface area contributed by atoms with Gasteiger partial charge in [0, 0.05) is 6.07 Å². The summed E-state index contributed by atoms with van der Waals surface area (Å²) in [6.07, 6.45) is 1.54. The van der Waals surface area contributed by atoms with Crippen LogP contribution in [0, 0.1) is 0 Å². The van der Waals surface area contributed by atoms with Crippen LogP contribution in [0.1, 0.15) is 13.8 Å². The van der Waals surface area contributed by atoms with Crippen molar-refractivity contribution in [3.8, 4) is 11.6 Å². The first-order valence-electron chi connectivity index (χ1n) is 4.29. The predicted octanol–water partition coefficient (Wildman–Crippen LogP) is 1.46. The van der Waals surface area contributed by atoms with E-state index in [0.717, 1.165) is 0 Å². The van der Waals surface area contributed by atoms with Gasteiger partial charge in [0.25, 0.3) is 0 Å². The number of nitrogen functional groups attached to an aromatic ring is 1. The maximum absolute atomic E-state index is 5.63. The van der Waals surface area contributed by atoms with E-state index >= 15 is 0 Å². The van der Waals surface area contributed by atoms with Crippen LogP contribution >= 0.6 is 0 Å². The van der Waals surface area contributed by atoms with Crippen molar-refractivity contribution in [2.45, 2.75) is 13.8 Å². The quantitative estimate of drug-likeness (QED) is 0.765. The molecule has 0 saturated carbocycles. The molecule has 1 aromatic heterocycles. The Kier molecular flexibility index (Phi) is 3.37. The number of anilines is 1. The molecule has 1 rings (SSSR count). The summed E-state index contributed by atoms with van der Waals surface area (Å²) in [5.41, 5.74) is 6.16. The van der Waals surface area contributed by atoms with Gasteiger partial charge in [0.05, 0.1) is 25.1 Å². The minimum absolute atomic E-state index is 0.533. The molecule has 4 nitrogen and oxygen atoms in total. The Balaban J connectivity index is 2.83. The lowest BCUT2D eigenvalue weighted by Crippen LogP contribution is -2.00. The van der Waals surface area contributed by atoms with E-state index in [2.05, 4.69) is 4.98 Å². The van der Waals surface area contributed by atoms with E-state index in [-0.39, 0.29) is 0 Å². The summed E-state index contributed by atoms with van der Waals surface area (Å²) in [7, 11) is 0. The third-order valence-electron chi connectivity index (χ3n) is 1.46. The zero-order chi connectivity index (χ0) is 9.68. The van der Waals surface area contributed by atoms with Crippen LogP contribution in [0.3, 0.4) is 0 Å². The fourth-order valence-corrected chi connectivity index (χ4v) is 0.937. The molecule has 13 heavy (non-hydrogen) atoms. The molecule has 0 fully saturated rings. The molecule has 0 aliphatic heterocycles. The maximum atomic E-state index is 5.63. The van der Waals surface area contributed by atoms with Crippen molar-refractivity contribution in [2.24, 2.45) is 0 Å². The highest BCUT2D eigenvalue weighted by molar-refractivity contribution is 5.52. The van der Waals surface area contributed by atoms with Gasteiger partial charge in [0.15, 0.2) is 0 Å². The van der Waals surface area contributed by atoms with Gasteiger partial charge in [-0.3, -0.25) is 0 Å². The van der Waals surface area contributed by atoms with Crippen LogP contribution in [0.25, 0.3) is 0 Å². The predicted molar refractivity (Wildman–Crippen MR) is 51.0 cm³/mol. The first-order valence-corrected chi connectivity index (χ1v) is 4.29. The molecule has 0 aliphatic carbocycles. The minimum atomic E-state index is 0.533. The van der Waals surface area contributed by atoms with E-state index in [9.17, 15) is 0 Å². The van der Waals surface area contributed by atoms with Crippen molar-refractivity contribution in [3.05, 3.63) is 12.3 Å². The summed E-state index contributed by atoms with van der Waals surface area (Å²) in [5, 5.41) is 0. The molecule has 1 aromatic rings. The monoisotopic (exact) mass is 182 g/mol. The van der Waals surface area contributed by atoms with Crippen molar-refractivity contribution in [2.75, 3.05) is 18.9 Å².